The molecule has 23 heavy (non-hydrogen) atoms. The van der Waals surface area contributed by atoms with Crippen molar-refractivity contribution in [1.29, 1.82) is 0 Å². The topological polar surface area (TPSA) is 23.6 Å². The predicted octanol–water partition coefficient (Wildman–Crippen LogP) is 3.19. The van der Waals surface area contributed by atoms with Crippen molar-refractivity contribution in [3.63, 3.8) is 0 Å². The maximum Gasteiger partial charge on any atom is 0.226 e. The summed E-state index contributed by atoms with van der Waals surface area (Å²) in [6.07, 6.45) is 6.28. The van der Waals surface area contributed by atoms with E-state index in [0.717, 1.165) is 19.5 Å². The van der Waals surface area contributed by atoms with E-state index < -0.39 is 0 Å². The van der Waals surface area contributed by atoms with Crippen molar-refractivity contribution in [3.8, 4) is 0 Å². The minimum atomic E-state index is 0.246. The number of carbonyl (C=O) groups excluding carboxylic acids is 1. The molecule has 3 aliphatic rings. The molecule has 3 heteroatoms. The summed E-state index contributed by atoms with van der Waals surface area (Å²) in [5.41, 5.74) is 2.72. The van der Waals surface area contributed by atoms with Crippen molar-refractivity contribution in [2.75, 3.05) is 26.2 Å². The number of amides is 1. The second-order valence-electron chi connectivity index (χ2n) is 7.63. The third kappa shape index (κ3) is 3.03. The summed E-state index contributed by atoms with van der Waals surface area (Å²) in [4.78, 5) is 17.6. The van der Waals surface area contributed by atoms with Gasteiger partial charge in [0.05, 0.1) is 0 Å². The van der Waals surface area contributed by atoms with Crippen LogP contribution in [0.1, 0.15) is 49.1 Å². The van der Waals surface area contributed by atoms with Gasteiger partial charge in [0.1, 0.15) is 0 Å². The van der Waals surface area contributed by atoms with Crippen LogP contribution >= 0.6 is 0 Å². The molecule has 0 bridgehead atoms. The smallest absolute Gasteiger partial charge is 0.226 e. The lowest BCUT2D eigenvalue weighted by atomic mass is 10.0. The third-order valence-corrected chi connectivity index (χ3v) is 6.08. The zero-order chi connectivity index (χ0) is 15.8. The van der Waals surface area contributed by atoms with E-state index in [1.807, 2.05) is 0 Å². The van der Waals surface area contributed by atoms with E-state index in [9.17, 15) is 4.79 Å². The van der Waals surface area contributed by atoms with Gasteiger partial charge in [0.15, 0.2) is 0 Å². The normalized spacial score (nSPS) is 31.3. The molecule has 2 heterocycles. The van der Waals surface area contributed by atoms with Gasteiger partial charge in [-0.05, 0) is 62.7 Å². The highest BCUT2D eigenvalue weighted by molar-refractivity contribution is 5.83. The first-order valence-electron chi connectivity index (χ1n) is 9.32. The molecule has 1 aromatic carbocycles. The highest BCUT2D eigenvalue weighted by Crippen LogP contribution is 2.49. The molecule has 1 aliphatic carbocycles. The van der Waals surface area contributed by atoms with Gasteiger partial charge < -0.3 is 4.90 Å². The average molecular weight is 312 g/mol. The van der Waals surface area contributed by atoms with Crippen LogP contribution in [-0.2, 0) is 4.79 Å². The van der Waals surface area contributed by atoms with E-state index >= 15 is 0 Å². The van der Waals surface area contributed by atoms with Gasteiger partial charge in [-0.2, -0.15) is 0 Å². The van der Waals surface area contributed by atoms with Crippen LogP contribution in [0.5, 0.6) is 0 Å². The standard InChI is InChI=1S/C20H28N2O/c1-15-7-3-4-8-17(15)18-13-19(18)20(23)22-12-9-16(14-22)21-10-5-2-6-11-21/h3-4,7-8,16,18-19H,2,5-6,9-14H2,1H3. The van der Waals surface area contributed by atoms with E-state index in [4.69, 9.17) is 0 Å². The summed E-state index contributed by atoms with van der Waals surface area (Å²) < 4.78 is 0. The molecular weight excluding hydrogens is 284 g/mol. The van der Waals surface area contributed by atoms with E-state index in [-0.39, 0.29) is 5.92 Å². The maximum atomic E-state index is 12.8. The molecule has 3 unspecified atom stereocenters. The Morgan fingerprint density at radius 1 is 1.09 bits per heavy atom. The molecule has 2 aliphatic heterocycles. The molecule has 1 aromatic rings. The van der Waals surface area contributed by atoms with Gasteiger partial charge in [0, 0.05) is 25.0 Å². The fourth-order valence-electron chi connectivity index (χ4n) is 4.57. The van der Waals surface area contributed by atoms with E-state index in [1.54, 1.807) is 0 Å². The highest BCUT2D eigenvalue weighted by atomic mass is 16.2. The molecule has 3 atom stereocenters. The van der Waals surface area contributed by atoms with Crippen molar-refractivity contribution < 1.29 is 4.79 Å². The molecule has 0 radical (unpaired) electrons. The second-order valence-corrected chi connectivity index (χ2v) is 7.63. The van der Waals surface area contributed by atoms with Gasteiger partial charge >= 0.3 is 0 Å². The first kappa shape index (κ1) is 15.2. The minimum Gasteiger partial charge on any atom is -0.341 e. The van der Waals surface area contributed by atoms with Crippen molar-refractivity contribution in [1.82, 2.24) is 9.80 Å². The number of hydrogen-bond acceptors (Lipinski definition) is 2. The molecular formula is C20H28N2O. The van der Waals surface area contributed by atoms with Gasteiger partial charge in [-0.1, -0.05) is 30.7 Å². The van der Waals surface area contributed by atoms with Gasteiger partial charge in [-0.25, -0.2) is 0 Å². The molecule has 0 N–H and O–H groups in total. The van der Waals surface area contributed by atoms with Crippen LogP contribution in [0.15, 0.2) is 24.3 Å². The first-order valence-corrected chi connectivity index (χ1v) is 9.32. The van der Waals surface area contributed by atoms with Gasteiger partial charge in [-0.15, -0.1) is 0 Å². The molecule has 1 saturated carbocycles. The lowest BCUT2D eigenvalue weighted by molar-refractivity contribution is -0.131. The fourth-order valence-corrected chi connectivity index (χ4v) is 4.57. The van der Waals surface area contributed by atoms with E-state index in [2.05, 4.69) is 41.0 Å². The lowest BCUT2D eigenvalue weighted by Gasteiger charge is -2.32. The Labute approximate surface area is 139 Å². The van der Waals surface area contributed by atoms with Gasteiger partial charge in [-0.3, -0.25) is 9.69 Å². The number of benzene rings is 1. The lowest BCUT2D eigenvalue weighted by Crippen LogP contribution is -2.42. The fraction of sp³-hybridized carbons (Fsp3) is 0.650. The van der Waals surface area contributed by atoms with Crippen molar-refractivity contribution in [2.24, 2.45) is 5.92 Å². The Bertz CT molecular complexity index is 579. The summed E-state index contributed by atoms with van der Waals surface area (Å²) in [6.45, 7) is 6.58. The molecule has 1 amide bonds. The first-order chi connectivity index (χ1) is 11.2. The Kier molecular flexibility index (Phi) is 4.14. The van der Waals surface area contributed by atoms with Crippen LogP contribution in [0.2, 0.25) is 0 Å². The van der Waals surface area contributed by atoms with E-state index in [0.29, 0.717) is 17.9 Å². The number of carbonyl (C=O) groups is 1. The molecule has 0 spiro atoms. The molecule has 2 saturated heterocycles. The molecule has 3 fully saturated rings. The van der Waals surface area contributed by atoms with Crippen LogP contribution < -0.4 is 0 Å². The average Bonchev–Trinajstić information content (AvgIpc) is 3.22. The Morgan fingerprint density at radius 3 is 2.65 bits per heavy atom. The summed E-state index contributed by atoms with van der Waals surface area (Å²) >= 11 is 0. The Hall–Kier alpha value is -1.35. The predicted molar refractivity (Wildman–Crippen MR) is 92.4 cm³/mol. The number of nitrogens with zero attached hydrogens (tertiary/aromatic N) is 2. The summed E-state index contributed by atoms with van der Waals surface area (Å²) in [5, 5.41) is 0. The van der Waals surface area contributed by atoms with Crippen LogP contribution in [0.25, 0.3) is 0 Å². The van der Waals surface area contributed by atoms with Crippen molar-refractivity contribution in [3.05, 3.63) is 35.4 Å². The number of rotatable bonds is 3. The van der Waals surface area contributed by atoms with Crippen molar-refractivity contribution in [2.45, 2.75) is 51.0 Å². The van der Waals surface area contributed by atoms with E-state index in [1.165, 1.54) is 49.9 Å². The minimum absolute atomic E-state index is 0.246. The maximum absolute atomic E-state index is 12.8. The van der Waals surface area contributed by atoms with Gasteiger partial charge in [0.25, 0.3) is 0 Å². The van der Waals surface area contributed by atoms with Crippen LogP contribution in [0, 0.1) is 12.8 Å². The van der Waals surface area contributed by atoms with Crippen LogP contribution in [0.4, 0.5) is 0 Å². The van der Waals surface area contributed by atoms with Gasteiger partial charge in [0.2, 0.25) is 5.91 Å². The third-order valence-electron chi connectivity index (χ3n) is 6.08. The SMILES string of the molecule is Cc1ccccc1C1CC1C(=O)N1CCC(N2CCCCC2)C1. The summed E-state index contributed by atoms with van der Waals surface area (Å²) in [7, 11) is 0. The molecule has 3 nitrogen and oxygen atoms in total. The molecule has 4 rings (SSSR count). The number of aryl methyl sites for hydroxylation is 1. The monoisotopic (exact) mass is 312 g/mol. The zero-order valence-electron chi connectivity index (χ0n) is 14.2. The summed E-state index contributed by atoms with van der Waals surface area (Å²) in [6, 6.07) is 9.17. The Balaban J connectivity index is 1.35. The summed E-state index contributed by atoms with van der Waals surface area (Å²) in [5.74, 6) is 1.13. The quantitative estimate of drug-likeness (QED) is 0.856. The number of piperidine rings is 1. The number of likely N-dealkylation sites (tertiary alicyclic amines) is 2. The van der Waals surface area contributed by atoms with Crippen molar-refractivity contribution >= 4 is 5.91 Å². The highest BCUT2D eigenvalue weighted by Gasteiger charge is 2.47. The van der Waals surface area contributed by atoms with Crippen LogP contribution in [0.3, 0.4) is 0 Å². The van der Waals surface area contributed by atoms with Crippen LogP contribution in [-0.4, -0.2) is 47.9 Å². The largest absolute Gasteiger partial charge is 0.341 e. The zero-order valence-corrected chi connectivity index (χ0v) is 14.2. The second kappa shape index (κ2) is 6.27. The number of hydrogen-bond donors (Lipinski definition) is 0. The molecule has 124 valence electrons. The Morgan fingerprint density at radius 2 is 1.87 bits per heavy atom. The molecule has 0 aromatic heterocycles.